The summed E-state index contributed by atoms with van der Waals surface area (Å²) in [5, 5.41) is 1.20. The van der Waals surface area contributed by atoms with Crippen molar-refractivity contribution in [3.05, 3.63) is 35.5 Å². The Labute approximate surface area is 115 Å². The quantitative estimate of drug-likeness (QED) is 0.886. The Morgan fingerprint density at radius 3 is 2.80 bits per heavy atom. The molecule has 2 aromatic rings. The number of rotatable bonds is 2. The van der Waals surface area contributed by atoms with Gasteiger partial charge in [0, 0.05) is 35.7 Å². The lowest BCUT2D eigenvalue weighted by molar-refractivity contribution is -0.139. The van der Waals surface area contributed by atoms with Crippen molar-refractivity contribution in [3.63, 3.8) is 0 Å². The standard InChI is InChI=1S/C15H17F3N2/c1-10-8-12-11-4-2-3-5-13(11)19-14(12)9-20(10)7-6-15(16,17)18/h2-5,10,19H,6-9H2,1H3/t10-/m1/s1. The second-order valence-corrected chi connectivity index (χ2v) is 5.52. The first-order valence-electron chi connectivity index (χ1n) is 6.83. The predicted octanol–water partition coefficient (Wildman–Crippen LogP) is 3.87. The first kappa shape index (κ1) is 13.5. The van der Waals surface area contributed by atoms with Crippen LogP contribution in [-0.2, 0) is 13.0 Å². The Morgan fingerprint density at radius 1 is 1.30 bits per heavy atom. The normalized spacial score (nSPS) is 20.3. The van der Waals surface area contributed by atoms with Crippen molar-refractivity contribution in [1.29, 1.82) is 0 Å². The molecule has 0 saturated carbocycles. The van der Waals surface area contributed by atoms with Crippen molar-refractivity contribution in [3.8, 4) is 0 Å². The van der Waals surface area contributed by atoms with Crippen molar-refractivity contribution in [1.82, 2.24) is 9.88 Å². The number of alkyl halides is 3. The van der Waals surface area contributed by atoms with Crippen molar-refractivity contribution >= 4 is 10.9 Å². The van der Waals surface area contributed by atoms with E-state index in [0.29, 0.717) is 6.54 Å². The van der Waals surface area contributed by atoms with E-state index in [1.807, 2.05) is 30.0 Å². The van der Waals surface area contributed by atoms with Gasteiger partial charge >= 0.3 is 6.18 Å². The summed E-state index contributed by atoms with van der Waals surface area (Å²) in [5.74, 6) is 0. The van der Waals surface area contributed by atoms with Gasteiger partial charge in [0.05, 0.1) is 6.42 Å². The molecule has 0 aliphatic carbocycles. The van der Waals surface area contributed by atoms with Gasteiger partial charge in [-0.25, -0.2) is 0 Å². The van der Waals surface area contributed by atoms with Gasteiger partial charge in [-0.2, -0.15) is 13.2 Å². The summed E-state index contributed by atoms with van der Waals surface area (Å²) in [4.78, 5) is 5.25. The molecule has 0 bridgehead atoms. The number of benzene rings is 1. The van der Waals surface area contributed by atoms with E-state index < -0.39 is 12.6 Å². The molecule has 108 valence electrons. The van der Waals surface area contributed by atoms with Crippen molar-refractivity contribution in [2.24, 2.45) is 0 Å². The molecule has 0 fully saturated rings. The molecule has 0 unspecified atom stereocenters. The molecular formula is C15H17F3N2. The van der Waals surface area contributed by atoms with Gasteiger partial charge in [0.2, 0.25) is 0 Å². The molecule has 0 saturated heterocycles. The third kappa shape index (κ3) is 2.54. The number of H-pyrrole nitrogens is 1. The van der Waals surface area contributed by atoms with Crippen LogP contribution in [0.4, 0.5) is 13.2 Å². The van der Waals surface area contributed by atoms with Crippen LogP contribution in [0.5, 0.6) is 0 Å². The van der Waals surface area contributed by atoms with E-state index in [-0.39, 0.29) is 12.6 Å². The van der Waals surface area contributed by atoms with Crippen LogP contribution in [0.1, 0.15) is 24.6 Å². The zero-order valence-corrected chi connectivity index (χ0v) is 11.3. The summed E-state index contributed by atoms with van der Waals surface area (Å²) < 4.78 is 37.1. The average molecular weight is 282 g/mol. The van der Waals surface area contributed by atoms with Crippen molar-refractivity contribution in [2.75, 3.05) is 6.54 Å². The summed E-state index contributed by atoms with van der Waals surface area (Å²) in [6.07, 6.45) is -4.02. The summed E-state index contributed by atoms with van der Waals surface area (Å²) in [6, 6.07) is 8.19. The number of halogens is 3. The zero-order chi connectivity index (χ0) is 14.3. The van der Waals surface area contributed by atoms with Gasteiger partial charge in [0.15, 0.2) is 0 Å². The Kier molecular flexibility index (Phi) is 3.24. The SMILES string of the molecule is C[C@@H]1Cc2c([nH]c3ccccc23)CN1CCC(F)(F)F. The predicted molar refractivity (Wildman–Crippen MR) is 72.5 cm³/mol. The van der Waals surface area contributed by atoms with Crippen LogP contribution in [0.3, 0.4) is 0 Å². The molecule has 1 aliphatic rings. The highest BCUT2D eigenvalue weighted by Crippen LogP contribution is 2.31. The van der Waals surface area contributed by atoms with Crippen LogP contribution in [0.25, 0.3) is 10.9 Å². The molecule has 1 N–H and O–H groups in total. The maximum atomic E-state index is 12.4. The fraction of sp³-hybridized carbons (Fsp3) is 0.467. The van der Waals surface area contributed by atoms with E-state index in [2.05, 4.69) is 11.1 Å². The van der Waals surface area contributed by atoms with E-state index in [0.717, 1.165) is 17.6 Å². The Morgan fingerprint density at radius 2 is 2.05 bits per heavy atom. The molecule has 2 nitrogen and oxygen atoms in total. The maximum absolute atomic E-state index is 12.4. The zero-order valence-electron chi connectivity index (χ0n) is 11.3. The van der Waals surface area contributed by atoms with E-state index >= 15 is 0 Å². The Hall–Kier alpha value is -1.49. The molecule has 1 atom stereocenters. The molecule has 2 heterocycles. The van der Waals surface area contributed by atoms with Gasteiger partial charge in [0.1, 0.15) is 0 Å². The molecule has 0 spiro atoms. The number of nitrogens with zero attached hydrogens (tertiary/aromatic N) is 1. The van der Waals surface area contributed by atoms with Gasteiger partial charge in [-0.05, 0) is 25.0 Å². The van der Waals surface area contributed by atoms with Gasteiger partial charge < -0.3 is 4.98 Å². The van der Waals surface area contributed by atoms with E-state index in [4.69, 9.17) is 0 Å². The second-order valence-electron chi connectivity index (χ2n) is 5.52. The number of fused-ring (bicyclic) bond motifs is 3. The molecule has 20 heavy (non-hydrogen) atoms. The number of para-hydroxylation sites is 1. The molecule has 0 radical (unpaired) electrons. The minimum absolute atomic E-state index is 0.0689. The molecule has 1 aromatic carbocycles. The number of hydrogen-bond acceptors (Lipinski definition) is 1. The molecule has 0 amide bonds. The van der Waals surface area contributed by atoms with E-state index in [1.54, 1.807) is 0 Å². The largest absolute Gasteiger partial charge is 0.390 e. The highest BCUT2D eigenvalue weighted by molar-refractivity contribution is 5.84. The topological polar surface area (TPSA) is 19.0 Å². The first-order valence-corrected chi connectivity index (χ1v) is 6.83. The van der Waals surface area contributed by atoms with Crippen molar-refractivity contribution in [2.45, 2.75) is 38.5 Å². The van der Waals surface area contributed by atoms with Crippen LogP contribution in [0.2, 0.25) is 0 Å². The fourth-order valence-corrected chi connectivity index (χ4v) is 2.98. The van der Waals surface area contributed by atoms with Gasteiger partial charge in [0.25, 0.3) is 0 Å². The van der Waals surface area contributed by atoms with Crippen LogP contribution < -0.4 is 0 Å². The number of aromatic amines is 1. The Bertz CT molecular complexity index is 615. The molecule has 1 aromatic heterocycles. The first-order chi connectivity index (χ1) is 9.44. The molecule has 1 aliphatic heterocycles. The average Bonchev–Trinajstić information content (AvgIpc) is 2.73. The highest BCUT2D eigenvalue weighted by atomic mass is 19.4. The van der Waals surface area contributed by atoms with Gasteiger partial charge in [-0.15, -0.1) is 0 Å². The van der Waals surface area contributed by atoms with Crippen LogP contribution >= 0.6 is 0 Å². The fourth-order valence-electron chi connectivity index (χ4n) is 2.98. The summed E-state index contributed by atoms with van der Waals surface area (Å²) in [7, 11) is 0. The smallest absolute Gasteiger partial charge is 0.357 e. The van der Waals surface area contributed by atoms with E-state index in [9.17, 15) is 13.2 Å². The summed E-state index contributed by atoms with van der Waals surface area (Å²) in [6.45, 7) is 2.64. The van der Waals surface area contributed by atoms with Gasteiger partial charge in [-0.3, -0.25) is 4.90 Å². The molecular weight excluding hydrogens is 265 g/mol. The van der Waals surface area contributed by atoms with Gasteiger partial charge in [-0.1, -0.05) is 18.2 Å². The lowest BCUT2D eigenvalue weighted by Crippen LogP contribution is -2.40. The number of hydrogen-bond donors (Lipinski definition) is 1. The maximum Gasteiger partial charge on any atom is 0.390 e. The minimum atomic E-state index is -4.08. The highest BCUT2D eigenvalue weighted by Gasteiger charge is 2.31. The molecule has 3 rings (SSSR count). The summed E-state index contributed by atoms with van der Waals surface area (Å²) >= 11 is 0. The Balaban J connectivity index is 1.83. The second kappa shape index (κ2) is 4.81. The van der Waals surface area contributed by atoms with E-state index in [1.165, 1.54) is 10.9 Å². The van der Waals surface area contributed by atoms with Crippen LogP contribution in [-0.4, -0.2) is 28.6 Å². The van der Waals surface area contributed by atoms with Crippen LogP contribution in [0.15, 0.2) is 24.3 Å². The lowest BCUT2D eigenvalue weighted by Gasteiger charge is -2.33. The summed E-state index contributed by atoms with van der Waals surface area (Å²) in [5.41, 5.74) is 3.39. The third-order valence-corrected chi connectivity index (χ3v) is 4.07. The molecule has 5 heteroatoms. The number of aromatic nitrogens is 1. The van der Waals surface area contributed by atoms with Crippen LogP contribution in [0, 0.1) is 0 Å². The van der Waals surface area contributed by atoms with Crippen molar-refractivity contribution < 1.29 is 13.2 Å². The lowest BCUT2D eigenvalue weighted by atomic mass is 9.97. The number of nitrogens with one attached hydrogen (secondary N) is 1. The minimum Gasteiger partial charge on any atom is -0.357 e. The monoisotopic (exact) mass is 282 g/mol. The third-order valence-electron chi connectivity index (χ3n) is 4.07.